The fourth-order valence-electron chi connectivity index (χ4n) is 3.30. The molecule has 2 aromatic carbocycles. The second kappa shape index (κ2) is 6.92. The van der Waals surface area contributed by atoms with E-state index in [0.29, 0.717) is 0 Å². The normalized spacial score (nSPS) is 16.1. The SMILES string of the molecule is Cc1cc([C@@H]2NN=C(c3ccccc3)S2)c(C)n1-c1ccc([N+](=O)[O-])cc1. The summed E-state index contributed by atoms with van der Waals surface area (Å²) in [6.07, 6.45) is 0. The number of aryl methyl sites for hydroxylation is 1. The molecule has 1 N–H and O–H groups in total. The molecule has 1 aliphatic rings. The molecule has 0 saturated heterocycles. The maximum absolute atomic E-state index is 10.9. The van der Waals surface area contributed by atoms with Gasteiger partial charge in [-0.25, -0.2) is 0 Å². The number of non-ortho nitro benzene ring substituents is 1. The van der Waals surface area contributed by atoms with Crippen LogP contribution in [0.15, 0.2) is 65.8 Å². The number of nitrogens with one attached hydrogen (secondary N) is 1. The maximum Gasteiger partial charge on any atom is 0.269 e. The second-order valence-corrected chi connectivity index (χ2v) is 7.44. The first-order chi connectivity index (χ1) is 13.0. The summed E-state index contributed by atoms with van der Waals surface area (Å²) in [4.78, 5) is 10.5. The van der Waals surface area contributed by atoms with Crippen LogP contribution < -0.4 is 5.43 Å². The van der Waals surface area contributed by atoms with Gasteiger partial charge in [-0.1, -0.05) is 42.1 Å². The fourth-order valence-corrected chi connectivity index (χ4v) is 4.37. The number of hydrazone groups is 1. The van der Waals surface area contributed by atoms with Gasteiger partial charge in [0.15, 0.2) is 0 Å². The summed E-state index contributed by atoms with van der Waals surface area (Å²) >= 11 is 1.69. The van der Waals surface area contributed by atoms with E-state index < -0.39 is 0 Å². The third kappa shape index (κ3) is 3.21. The largest absolute Gasteiger partial charge is 0.318 e. The van der Waals surface area contributed by atoms with Crippen LogP contribution in [0.2, 0.25) is 0 Å². The van der Waals surface area contributed by atoms with Gasteiger partial charge >= 0.3 is 0 Å². The molecule has 0 saturated carbocycles. The quantitative estimate of drug-likeness (QED) is 0.528. The van der Waals surface area contributed by atoms with Gasteiger partial charge in [-0.3, -0.25) is 15.5 Å². The van der Waals surface area contributed by atoms with Gasteiger partial charge in [0, 0.05) is 40.3 Å². The van der Waals surface area contributed by atoms with Crippen LogP contribution in [-0.2, 0) is 0 Å². The lowest BCUT2D eigenvalue weighted by molar-refractivity contribution is -0.384. The molecule has 0 spiro atoms. The number of nitro benzene ring substituents is 1. The Kier molecular flexibility index (Phi) is 4.45. The summed E-state index contributed by atoms with van der Waals surface area (Å²) in [6.45, 7) is 4.10. The van der Waals surface area contributed by atoms with Crippen LogP contribution in [0.1, 0.15) is 27.9 Å². The van der Waals surface area contributed by atoms with Crippen molar-refractivity contribution in [3.8, 4) is 5.69 Å². The minimum absolute atomic E-state index is 0.0400. The highest BCUT2D eigenvalue weighted by Gasteiger charge is 2.26. The molecule has 0 fully saturated rings. The van der Waals surface area contributed by atoms with Gasteiger partial charge in [0.25, 0.3) is 5.69 Å². The van der Waals surface area contributed by atoms with Crippen LogP contribution in [0.3, 0.4) is 0 Å². The molecule has 0 aliphatic carbocycles. The Labute approximate surface area is 161 Å². The first-order valence-corrected chi connectivity index (χ1v) is 9.41. The summed E-state index contributed by atoms with van der Waals surface area (Å²) in [5.41, 5.74) is 8.66. The highest BCUT2D eigenvalue weighted by molar-refractivity contribution is 8.14. The van der Waals surface area contributed by atoms with E-state index in [1.807, 2.05) is 25.1 Å². The third-order valence-corrected chi connectivity index (χ3v) is 5.75. The van der Waals surface area contributed by atoms with Gasteiger partial charge in [0.1, 0.15) is 10.4 Å². The van der Waals surface area contributed by atoms with E-state index in [9.17, 15) is 10.1 Å². The number of nitrogens with zero attached hydrogens (tertiary/aromatic N) is 3. The van der Waals surface area contributed by atoms with Gasteiger partial charge < -0.3 is 4.57 Å². The van der Waals surface area contributed by atoms with E-state index in [1.165, 1.54) is 12.1 Å². The Morgan fingerprint density at radius 3 is 2.48 bits per heavy atom. The van der Waals surface area contributed by atoms with E-state index in [0.717, 1.165) is 33.2 Å². The van der Waals surface area contributed by atoms with E-state index in [2.05, 4.69) is 40.2 Å². The Morgan fingerprint density at radius 2 is 1.81 bits per heavy atom. The van der Waals surface area contributed by atoms with Crippen molar-refractivity contribution in [3.63, 3.8) is 0 Å². The van der Waals surface area contributed by atoms with E-state index in [-0.39, 0.29) is 16.0 Å². The van der Waals surface area contributed by atoms with Crippen LogP contribution in [-0.4, -0.2) is 14.5 Å². The molecule has 2 heterocycles. The first-order valence-electron chi connectivity index (χ1n) is 8.53. The van der Waals surface area contributed by atoms with Crippen molar-refractivity contribution in [1.82, 2.24) is 9.99 Å². The Morgan fingerprint density at radius 1 is 1.11 bits per heavy atom. The number of aromatic nitrogens is 1. The number of hydrogen-bond donors (Lipinski definition) is 1. The van der Waals surface area contributed by atoms with E-state index in [4.69, 9.17) is 0 Å². The lowest BCUT2D eigenvalue weighted by Crippen LogP contribution is -2.08. The average molecular weight is 378 g/mol. The van der Waals surface area contributed by atoms with Crippen molar-refractivity contribution in [2.45, 2.75) is 19.2 Å². The molecule has 6 nitrogen and oxygen atoms in total. The zero-order chi connectivity index (χ0) is 19.0. The van der Waals surface area contributed by atoms with Gasteiger partial charge in [-0.15, -0.1) is 0 Å². The number of thioether (sulfide) groups is 1. The zero-order valence-electron chi connectivity index (χ0n) is 14.9. The summed E-state index contributed by atoms with van der Waals surface area (Å²) in [7, 11) is 0. The van der Waals surface area contributed by atoms with Crippen molar-refractivity contribution in [1.29, 1.82) is 0 Å². The van der Waals surface area contributed by atoms with Gasteiger partial charge in [-0.05, 0) is 32.0 Å². The molecule has 1 atom stereocenters. The van der Waals surface area contributed by atoms with Gasteiger partial charge in [-0.2, -0.15) is 5.10 Å². The molecular formula is C20H18N4O2S. The molecule has 0 radical (unpaired) electrons. The molecule has 4 rings (SSSR count). The van der Waals surface area contributed by atoms with Crippen molar-refractivity contribution in [2.24, 2.45) is 5.10 Å². The van der Waals surface area contributed by atoms with Crippen LogP contribution in [0, 0.1) is 24.0 Å². The molecule has 0 amide bonds. The molecule has 136 valence electrons. The fraction of sp³-hybridized carbons (Fsp3) is 0.150. The van der Waals surface area contributed by atoms with E-state index in [1.54, 1.807) is 23.9 Å². The summed E-state index contributed by atoms with van der Waals surface area (Å²) < 4.78 is 2.11. The summed E-state index contributed by atoms with van der Waals surface area (Å²) in [5.74, 6) is 0. The average Bonchev–Trinajstić information content (AvgIpc) is 3.27. The van der Waals surface area contributed by atoms with Crippen molar-refractivity contribution >= 4 is 22.5 Å². The lowest BCUT2D eigenvalue weighted by Gasteiger charge is -2.12. The monoisotopic (exact) mass is 378 g/mol. The number of hydrogen-bond acceptors (Lipinski definition) is 5. The highest BCUT2D eigenvalue weighted by atomic mass is 32.2. The predicted octanol–water partition coefficient (Wildman–Crippen LogP) is 4.70. The topological polar surface area (TPSA) is 72.5 Å². The standard InChI is InChI=1S/C20H18N4O2S/c1-13-12-18(20-22-21-19(27-20)15-6-4-3-5-7-15)14(2)23(13)16-8-10-17(11-9-16)24(25)26/h3-12,20,22H,1-2H3/t20-/m1/s1. The smallest absolute Gasteiger partial charge is 0.269 e. The molecule has 0 unspecified atom stereocenters. The Hall–Kier alpha value is -3.06. The Bertz CT molecular complexity index is 1030. The minimum Gasteiger partial charge on any atom is -0.318 e. The second-order valence-electron chi connectivity index (χ2n) is 6.35. The molecule has 0 bridgehead atoms. The maximum atomic E-state index is 10.9. The molecule has 27 heavy (non-hydrogen) atoms. The van der Waals surface area contributed by atoms with Gasteiger partial charge in [0.05, 0.1) is 4.92 Å². The minimum atomic E-state index is -0.383. The number of benzene rings is 2. The highest BCUT2D eigenvalue weighted by Crippen LogP contribution is 2.37. The van der Waals surface area contributed by atoms with Gasteiger partial charge in [0.2, 0.25) is 0 Å². The lowest BCUT2D eigenvalue weighted by atomic mass is 10.2. The van der Waals surface area contributed by atoms with Crippen molar-refractivity contribution in [2.75, 3.05) is 0 Å². The summed E-state index contributed by atoms with van der Waals surface area (Å²) in [5, 5.41) is 16.4. The number of nitro groups is 1. The van der Waals surface area contributed by atoms with Crippen molar-refractivity contribution < 1.29 is 4.92 Å². The van der Waals surface area contributed by atoms with Crippen molar-refractivity contribution in [3.05, 3.63) is 93.3 Å². The molecule has 1 aromatic heterocycles. The number of rotatable bonds is 4. The molecule has 7 heteroatoms. The third-order valence-electron chi connectivity index (χ3n) is 4.61. The van der Waals surface area contributed by atoms with Crippen LogP contribution >= 0.6 is 11.8 Å². The zero-order valence-corrected chi connectivity index (χ0v) is 15.7. The predicted molar refractivity (Wildman–Crippen MR) is 108 cm³/mol. The van der Waals surface area contributed by atoms with Crippen LogP contribution in [0.5, 0.6) is 0 Å². The Balaban J connectivity index is 1.61. The molecular weight excluding hydrogens is 360 g/mol. The molecule has 1 aliphatic heterocycles. The van der Waals surface area contributed by atoms with E-state index >= 15 is 0 Å². The van der Waals surface area contributed by atoms with Crippen LogP contribution in [0.4, 0.5) is 5.69 Å². The van der Waals surface area contributed by atoms with Crippen LogP contribution in [0.25, 0.3) is 5.69 Å². The summed E-state index contributed by atoms with van der Waals surface area (Å²) in [6, 6.07) is 18.9. The molecule has 3 aromatic rings. The first kappa shape index (κ1) is 17.4.